The molecule has 0 bridgehead atoms. The summed E-state index contributed by atoms with van der Waals surface area (Å²) in [7, 11) is 0. The van der Waals surface area contributed by atoms with E-state index in [1.54, 1.807) is 6.20 Å². The molecule has 2 aromatic heterocycles. The molecular weight excluding hydrogens is 372 g/mol. The lowest BCUT2D eigenvalue weighted by atomic mass is 9.93. The maximum Gasteiger partial charge on any atom is 0.407 e. The lowest BCUT2D eigenvalue weighted by Gasteiger charge is -2.30. The second-order valence-corrected chi connectivity index (χ2v) is 7.41. The number of morpholine rings is 1. The molecule has 0 unspecified atom stereocenters. The average molecular weight is 400 g/mol. The normalized spacial score (nSPS) is 22.3. The second-order valence-electron chi connectivity index (χ2n) is 7.41. The van der Waals surface area contributed by atoms with Crippen LogP contribution >= 0.6 is 0 Å². The molecule has 1 aliphatic heterocycles. The zero-order valence-corrected chi connectivity index (χ0v) is 16.8. The summed E-state index contributed by atoms with van der Waals surface area (Å²) < 4.78 is 16.8. The Morgan fingerprint density at radius 1 is 1.28 bits per heavy atom. The minimum atomic E-state index is -0.339. The van der Waals surface area contributed by atoms with Crippen molar-refractivity contribution in [3.8, 4) is 5.88 Å². The number of carbonyl (C=O) groups is 1. The summed E-state index contributed by atoms with van der Waals surface area (Å²) in [6.45, 7) is 5.23. The van der Waals surface area contributed by atoms with Gasteiger partial charge in [0.25, 0.3) is 0 Å². The van der Waals surface area contributed by atoms with Crippen LogP contribution in [0.15, 0.2) is 24.4 Å². The van der Waals surface area contributed by atoms with Crippen LogP contribution < -0.4 is 15.0 Å². The number of carbonyl (C=O) groups excluding carboxylic acids is 1. The van der Waals surface area contributed by atoms with Crippen molar-refractivity contribution in [3.63, 3.8) is 0 Å². The van der Waals surface area contributed by atoms with Gasteiger partial charge >= 0.3 is 6.09 Å². The number of pyridine rings is 2. The first kappa shape index (κ1) is 19.7. The highest BCUT2D eigenvalue weighted by atomic mass is 16.5. The maximum absolute atomic E-state index is 11.6. The van der Waals surface area contributed by atoms with Crippen molar-refractivity contribution in [2.75, 3.05) is 37.8 Å². The fourth-order valence-corrected chi connectivity index (χ4v) is 3.90. The number of anilines is 1. The summed E-state index contributed by atoms with van der Waals surface area (Å²) >= 11 is 0. The molecule has 1 amide bonds. The molecule has 4 rings (SSSR count). The third-order valence-corrected chi connectivity index (χ3v) is 5.44. The smallest absolute Gasteiger partial charge is 0.407 e. The molecule has 1 saturated carbocycles. The van der Waals surface area contributed by atoms with Gasteiger partial charge < -0.3 is 24.4 Å². The fourth-order valence-electron chi connectivity index (χ4n) is 3.90. The monoisotopic (exact) mass is 400 g/mol. The van der Waals surface area contributed by atoms with Gasteiger partial charge in [-0.15, -0.1) is 0 Å². The minimum absolute atomic E-state index is 0.0751. The Hall–Kier alpha value is -2.61. The number of ether oxygens (including phenoxy) is 3. The highest BCUT2D eigenvalue weighted by Gasteiger charge is 2.25. The van der Waals surface area contributed by atoms with Crippen LogP contribution in [0.25, 0.3) is 10.9 Å². The van der Waals surface area contributed by atoms with Crippen LogP contribution in [-0.2, 0) is 9.47 Å². The van der Waals surface area contributed by atoms with Crippen molar-refractivity contribution >= 4 is 22.8 Å². The molecular formula is C21H28N4O4. The second kappa shape index (κ2) is 9.26. The van der Waals surface area contributed by atoms with Crippen LogP contribution in [0.4, 0.5) is 10.6 Å². The molecule has 3 heterocycles. The average Bonchev–Trinajstić information content (AvgIpc) is 2.76. The van der Waals surface area contributed by atoms with Crippen LogP contribution in [0.5, 0.6) is 5.88 Å². The standard InChI is InChI=1S/C21H28N4O4/c1-2-28-21(26)23-15-5-7-16(8-6-15)29-20-17-4-3-9-22-18(17)14-19(24-20)25-10-12-27-13-11-25/h3-4,9,14-16H,2,5-8,10-13H2,1H3,(H,23,26). The van der Waals surface area contributed by atoms with Crippen molar-refractivity contribution in [3.05, 3.63) is 24.4 Å². The quantitative estimate of drug-likeness (QED) is 0.826. The lowest BCUT2D eigenvalue weighted by Crippen LogP contribution is -2.40. The van der Waals surface area contributed by atoms with Crippen molar-refractivity contribution in [2.45, 2.75) is 44.8 Å². The molecule has 0 atom stereocenters. The van der Waals surface area contributed by atoms with Gasteiger partial charge in [-0.05, 0) is 44.7 Å². The largest absolute Gasteiger partial charge is 0.474 e. The van der Waals surface area contributed by atoms with Crippen LogP contribution in [0.3, 0.4) is 0 Å². The first-order chi connectivity index (χ1) is 14.2. The summed E-state index contributed by atoms with van der Waals surface area (Å²) in [5, 5.41) is 3.85. The molecule has 2 aliphatic rings. The van der Waals surface area contributed by atoms with E-state index < -0.39 is 0 Å². The third-order valence-electron chi connectivity index (χ3n) is 5.44. The van der Waals surface area contributed by atoms with Gasteiger partial charge in [0.15, 0.2) is 0 Å². The van der Waals surface area contributed by atoms with Crippen LogP contribution in [0, 0.1) is 0 Å². The Bertz CT molecular complexity index is 833. The molecule has 1 aliphatic carbocycles. The Morgan fingerprint density at radius 2 is 2.07 bits per heavy atom. The number of hydrogen-bond donors (Lipinski definition) is 1. The third kappa shape index (κ3) is 4.87. The summed E-state index contributed by atoms with van der Waals surface area (Å²) in [6.07, 6.45) is 4.98. The summed E-state index contributed by atoms with van der Waals surface area (Å²) in [6, 6.07) is 6.07. The number of nitrogens with zero attached hydrogens (tertiary/aromatic N) is 3. The number of aromatic nitrogens is 2. The molecule has 1 saturated heterocycles. The number of nitrogens with one attached hydrogen (secondary N) is 1. The fraction of sp³-hybridized carbons (Fsp3) is 0.571. The van der Waals surface area contributed by atoms with Gasteiger partial charge in [0, 0.05) is 31.4 Å². The molecule has 2 fully saturated rings. The predicted molar refractivity (Wildman–Crippen MR) is 109 cm³/mol. The Morgan fingerprint density at radius 3 is 2.83 bits per heavy atom. The van der Waals surface area contributed by atoms with E-state index in [1.165, 1.54) is 0 Å². The number of amides is 1. The Kier molecular flexibility index (Phi) is 6.29. The van der Waals surface area contributed by atoms with Gasteiger partial charge in [0.2, 0.25) is 5.88 Å². The van der Waals surface area contributed by atoms with Gasteiger partial charge in [-0.25, -0.2) is 4.79 Å². The van der Waals surface area contributed by atoms with E-state index in [0.29, 0.717) is 25.7 Å². The molecule has 29 heavy (non-hydrogen) atoms. The number of fused-ring (bicyclic) bond motifs is 1. The van der Waals surface area contributed by atoms with Crippen molar-refractivity contribution in [1.82, 2.24) is 15.3 Å². The van der Waals surface area contributed by atoms with Crippen molar-refractivity contribution in [2.24, 2.45) is 0 Å². The van der Waals surface area contributed by atoms with E-state index in [0.717, 1.165) is 55.5 Å². The number of alkyl carbamates (subject to hydrolysis) is 1. The van der Waals surface area contributed by atoms with E-state index in [4.69, 9.17) is 19.2 Å². The molecule has 8 heteroatoms. The van der Waals surface area contributed by atoms with Gasteiger partial charge in [-0.3, -0.25) is 4.98 Å². The van der Waals surface area contributed by atoms with E-state index in [-0.39, 0.29) is 18.2 Å². The molecule has 156 valence electrons. The highest BCUT2D eigenvalue weighted by Crippen LogP contribution is 2.30. The predicted octanol–water partition coefficient (Wildman–Crippen LogP) is 2.90. The number of rotatable bonds is 5. The molecule has 0 aromatic carbocycles. The van der Waals surface area contributed by atoms with E-state index in [2.05, 4.69) is 15.2 Å². The van der Waals surface area contributed by atoms with E-state index in [9.17, 15) is 4.79 Å². The molecule has 8 nitrogen and oxygen atoms in total. The van der Waals surface area contributed by atoms with Crippen molar-refractivity contribution < 1.29 is 19.0 Å². The van der Waals surface area contributed by atoms with Crippen LogP contribution in [0.1, 0.15) is 32.6 Å². The van der Waals surface area contributed by atoms with Gasteiger partial charge in [0.1, 0.15) is 11.9 Å². The maximum atomic E-state index is 11.6. The number of hydrogen-bond acceptors (Lipinski definition) is 7. The van der Waals surface area contributed by atoms with Crippen LogP contribution in [0.2, 0.25) is 0 Å². The first-order valence-corrected chi connectivity index (χ1v) is 10.4. The van der Waals surface area contributed by atoms with Gasteiger partial charge in [-0.2, -0.15) is 4.98 Å². The SMILES string of the molecule is CCOC(=O)NC1CCC(Oc2nc(N3CCOCC3)cc3ncccc23)CC1. The molecule has 2 aromatic rings. The topological polar surface area (TPSA) is 85.8 Å². The summed E-state index contributed by atoms with van der Waals surface area (Å²) in [4.78, 5) is 23.2. The van der Waals surface area contributed by atoms with Crippen molar-refractivity contribution in [1.29, 1.82) is 0 Å². The molecule has 0 spiro atoms. The zero-order chi connectivity index (χ0) is 20.1. The lowest BCUT2D eigenvalue weighted by molar-refractivity contribution is 0.119. The van der Waals surface area contributed by atoms with Crippen LogP contribution in [-0.4, -0.2) is 61.1 Å². The van der Waals surface area contributed by atoms with Gasteiger partial charge in [-0.1, -0.05) is 0 Å². The summed E-state index contributed by atoms with van der Waals surface area (Å²) in [5.41, 5.74) is 0.886. The highest BCUT2D eigenvalue weighted by molar-refractivity contribution is 5.85. The molecule has 0 radical (unpaired) electrons. The van der Waals surface area contributed by atoms with E-state index in [1.807, 2.05) is 25.1 Å². The van der Waals surface area contributed by atoms with E-state index >= 15 is 0 Å². The molecule has 1 N–H and O–H groups in total. The minimum Gasteiger partial charge on any atom is -0.474 e. The van der Waals surface area contributed by atoms with Gasteiger partial charge in [0.05, 0.1) is 30.7 Å². The Balaban J connectivity index is 1.45. The Labute approximate surface area is 170 Å². The summed E-state index contributed by atoms with van der Waals surface area (Å²) in [5.74, 6) is 1.52. The first-order valence-electron chi connectivity index (χ1n) is 10.4. The zero-order valence-electron chi connectivity index (χ0n) is 16.8.